The number of esters is 1. The Kier molecular flexibility index (Phi) is 7.79. The first-order chi connectivity index (χ1) is 8.99. The summed E-state index contributed by atoms with van der Waals surface area (Å²) in [5.41, 5.74) is 6.12. The first-order valence-corrected chi connectivity index (χ1v) is 5.94. The third-order valence-corrected chi connectivity index (χ3v) is 2.59. The normalized spacial score (nSPS) is 9.35. The molecule has 0 spiro atoms. The molecule has 0 atom stereocenters. The average Bonchev–Trinajstić information content (AvgIpc) is 2.39. The van der Waals surface area contributed by atoms with Gasteiger partial charge in [-0.1, -0.05) is 11.6 Å². The van der Waals surface area contributed by atoms with Crippen LogP contribution in [0.3, 0.4) is 0 Å². The van der Waals surface area contributed by atoms with Gasteiger partial charge in [-0.3, -0.25) is 9.59 Å². The quantitative estimate of drug-likeness (QED) is 0.635. The summed E-state index contributed by atoms with van der Waals surface area (Å²) in [6.07, 6.45) is 0. The van der Waals surface area contributed by atoms with Gasteiger partial charge in [0, 0.05) is 6.07 Å². The summed E-state index contributed by atoms with van der Waals surface area (Å²) in [5, 5.41) is 2.65. The van der Waals surface area contributed by atoms with E-state index in [4.69, 9.17) is 26.8 Å². The fourth-order valence-electron chi connectivity index (χ4n) is 1.38. The minimum atomic E-state index is -0.517. The van der Waals surface area contributed by atoms with Gasteiger partial charge in [-0.15, -0.1) is 12.4 Å². The van der Waals surface area contributed by atoms with Gasteiger partial charge in [0.1, 0.15) is 12.3 Å². The second kappa shape index (κ2) is 8.50. The highest BCUT2D eigenvalue weighted by atomic mass is 35.5. The molecule has 0 heterocycles. The summed E-state index contributed by atoms with van der Waals surface area (Å²) in [5.74, 6) is -0.730. The summed E-state index contributed by atoms with van der Waals surface area (Å²) in [6, 6.07) is 2.83. The summed E-state index contributed by atoms with van der Waals surface area (Å²) < 4.78 is 9.74. The van der Waals surface area contributed by atoms with Gasteiger partial charge < -0.3 is 20.5 Å². The molecule has 8 heteroatoms. The van der Waals surface area contributed by atoms with Crippen LogP contribution in [0.25, 0.3) is 0 Å². The van der Waals surface area contributed by atoms with Gasteiger partial charge in [0.25, 0.3) is 5.91 Å². The molecule has 1 rings (SSSR count). The number of amides is 1. The largest absolute Gasteiger partial charge is 0.496 e. The third kappa shape index (κ3) is 4.79. The number of nitrogens with two attached hydrogens (primary N) is 1. The Labute approximate surface area is 128 Å². The van der Waals surface area contributed by atoms with Crippen molar-refractivity contribution in [2.24, 2.45) is 0 Å². The molecular formula is C12H16Cl2N2O4. The van der Waals surface area contributed by atoms with Crippen molar-refractivity contribution in [3.63, 3.8) is 0 Å². The molecule has 0 aliphatic rings. The first-order valence-electron chi connectivity index (χ1n) is 5.56. The Hall–Kier alpha value is -1.66. The molecule has 0 unspecified atom stereocenters. The smallest absolute Gasteiger partial charge is 0.325 e. The minimum Gasteiger partial charge on any atom is -0.496 e. The van der Waals surface area contributed by atoms with Crippen LogP contribution in [0.2, 0.25) is 5.02 Å². The molecule has 0 saturated heterocycles. The number of methoxy groups -OCH3 is 1. The maximum atomic E-state index is 11.9. The van der Waals surface area contributed by atoms with Crippen molar-refractivity contribution in [3.8, 4) is 5.75 Å². The Balaban J connectivity index is 0.00000361. The van der Waals surface area contributed by atoms with Crippen LogP contribution in [-0.2, 0) is 9.53 Å². The maximum Gasteiger partial charge on any atom is 0.325 e. The summed E-state index contributed by atoms with van der Waals surface area (Å²) in [6.45, 7) is 1.71. The third-order valence-electron chi connectivity index (χ3n) is 2.26. The second-order valence-electron chi connectivity index (χ2n) is 3.56. The zero-order chi connectivity index (χ0) is 14.4. The van der Waals surface area contributed by atoms with Crippen LogP contribution >= 0.6 is 24.0 Å². The van der Waals surface area contributed by atoms with E-state index < -0.39 is 11.9 Å². The molecular weight excluding hydrogens is 307 g/mol. The highest BCUT2D eigenvalue weighted by Gasteiger charge is 2.15. The molecule has 3 N–H and O–H groups in total. The lowest BCUT2D eigenvalue weighted by Gasteiger charge is -2.11. The fourth-order valence-corrected chi connectivity index (χ4v) is 1.54. The molecule has 0 bridgehead atoms. The van der Waals surface area contributed by atoms with Gasteiger partial charge in [0.2, 0.25) is 0 Å². The maximum absolute atomic E-state index is 11.9. The lowest BCUT2D eigenvalue weighted by Crippen LogP contribution is -2.30. The Bertz CT molecular complexity index is 495. The predicted molar refractivity (Wildman–Crippen MR) is 78.6 cm³/mol. The van der Waals surface area contributed by atoms with E-state index in [1.807, 2.05) is 0 Å². The molecule has 1 amide bonds. The average molecular weight is 323 g/mol. The summed E-state index contributed by atoms with van der Waals surface area (Å²) >= 11 is 5.85. The number of benzene rings is 1. The number of anilines is 1. The number of halogens is 2. The number of nitrogens with one attached hydrogen (secondary N) is 1. The van der Waals surface area contributed by atoms with Crippen LogP contribution in [0.4, 0.5) is 5.69 Å². The molecule has 1 aromatic rings. The van der Waals surface area contributed by atoms with E-state index in [-0.39, 0.29) is 41.9 Å². The van der Waals surface area contributed by atoms with Gasteiger partial charge in [-0.05, 0) is 13.0 Å². The molecule has 1 aromatic carbocycles. The number of ether oxygens (including phenoxy) is 2. The Morgan fingerprint density at radius 2 is 2.05 bits per heavy atom. The number of rotatable bonds is 5. The lowest BCUT2D eigenvalue weighted by atomic mass is 10.1. The van der Waals surface area contributed by atoms with Crippen LogP contribution in [0.5, 0.6) is 5.75 Å². The van der Waals surface area contributed by atoms with Crippen molar-refractivity contribution < 1.29 is 19.1 Å². The van der Waals surface area contributed by atoms with Crippen LogP contribution in [-0.4, -0.2) is 32.1 Å². The highest BCUT2D eigenvalue weighted by Crippen LogP contribution is 2.28. The summed E-state index contributed by atoms with van der Waals surface area (Å²) in [4.78, 5) is 23.0. The monoisotopic (exact) mass is 322 g/mol. The zero-order valence-electron chi connectivity index (χ0n) is 11.1. The predicted octanol–water partition coefficient (Wildman–Crippen LogP) is 1.65. The molecule has 20 heavy (non-hydrogen) atoms. The molecule has 0 aliphatic carbocycles. The molecule has 0 radical (unpaired) electrons. The lowest BCUT2D eigenvalue weighted by molar-refractivity contribution is -0.141. The molecule has 0 saturated carbocycles. The SMILES string of the molecule is CCOC(=O)CNC(=O)c1cc(Cl)c(N)cc1OC.Cl. The number of carbonyl (C=O) groups excluding carboxylic acids is 2. The molecule has 112 valence electrons. The van der Waals surface area contributed by atoms with E-state index in [0.717, 1.165) is 0 Å². The van der Waals surface area contributed by atoms with E-state index in [9.17, 15) is 9.59 Å². The number of hydrogen-bond donors (Lipinski definition) is 2. The van der Waals surface area contributed by atoms with Crippen LogP contribution in [0.15, 0.2) is 12.1 Å². The van der Waals surface area contributed by atoms with E-state index >= 15 is 0 Å². The number of hydrogen-bond acceptors (Lipinski definition) is 5. The van der Waals surface area contributed by atoms with Crippen LogP contribution in [0.1, 0.15) is 17.3 Å². The van der Waals surface area contributed by atoms with E-state index in [2.05, 4.69) is 5.32 Å². The van der Waals surface area contributed by atoms with Crippen molar-refractivity contribution in [1.29, 1.82) is 0 Å². The van der Waals surface area contributed by atoms with Crippen molar-refractivity contribution >= 4 is 41.6 Å². The Morgan fingerprint density at radius 3 is 2.60 bits per heavy atom. The first kappa shape index (κ1) is 18.3. The van der Waals surface area contributed by atoms with Gasteiger partial charge in [-0.2, -0.15) is 0 Å². The van der Waals surface area contributed by atoms with E-state index in [1.165, 1.54) is 19.2 Å². The molecule has 0 aromatic heterocycles. The van der Waals surface area contributed by atoms with Gasteiger partial charge >= 0.3 is 5.97 Å². The summed E-state index contributed by atoms with van der Waals surface area (Å²) in [7, 11) is 1.41. The zero-order valence-corrected chi connectivity index (χ0v) is 12.6. The van der Waals surface area contributed by atoms with Crippen LogP contribution < -0.4 is 15.8 Å². The van der Waals surface area contributed by atoms with Crippen molar-refractivity contribution in [2.75, 3.05) is 26.0 Å². The fraction of sp³-hybridized carbons (Fsp3) is 0.333. The number of nitrogen functional groups attached to an aromatic ring is 1. The van der Waals surface area contributed by atoms with Crippen LogP contribution in [0, 0.1) is 0 Å². The number of carbonyl (C=O) groups is 2. The Morgan fingerprint density at radius 1 is 1.40 bits per heavy atom. The second-order valence-corrected chi connectivity index (χ2v) is 3.97. The van der Waals surface area contributed by atoms with Gasteiger partial charge in [0.15, 0.2) is 0 Å². The van der Waals surface area contributed by atoms with Gasteiger partial charge in [0.05, 0.1) is 30.0 Å². The molecule has 6 nitrogen and oxygen atoms in total. The topological polar surface area (TPSA) is 90.7 Å². The van der Waals surface area contributed by atoms with Crippen molar-refractivity contribution in [3.05, 3.63) is 22.7 Å². The van der Waals surface area contributed by atoms with E-state index in [0.29, 0.717) is 5.69 Å². The van der Waals surface area contributed by atoms with Crippen molar-refractivity contribution in [1.82, 2.24) is 5.32 Å². The standard InChI is InChI=1S/C12H15ClN2O4.ClH/c1-3-19-11(16)6-15-12(17)7-4-8(13)9(14)5-10(7)18-2;/h4-5H,3,6,14H2,1-2H3,(H,15,17);1H. The van der Waals surface area contributed by atoms with E-state index in [1.54, 1.807) is 6.92 Å². The molecule has 0 fully saturated rings. The highest BCUT2D eigenvalue weighted by molar-refractivity contribution is 6.33. The van der Waals surface area contributed by atoms with Crippen molar-refractivity contribution in [2.45, 2.75) is 6.92 Å². The van der Waals surface area contributed by atoms with Gasteiger partial charge in [-0.25, -0.2) is 0 Å². The molecule has 0 aliphatic heterocycles. The minimum absolute atomic E-state index is 0.